The van der Waals surface area contributed by atoms with Crippen LogP contribution in [0.2, 0.25) is 0 Å². The van der Waals surface area contributed by atoms with Crippen LogP contribution in [0.3, 0.4) is 0 Å². The predicted molar refractivity (Wildman–Crippen MR) is 111 cm³/mol. The number of carbonyl (C=O) groups excluding carboxylic acids is 1. The Bertz CT molecular complexity index is 1110. The summed E-state index contributed by atoms with van der Waals surface area (Å²) >= 11 is 0. The average Bonchev–Trinajstić information content (AvgIpc) is 2.72. The van der Waals surface area contributed by atoms with Crippen molar-refractivity contribution in [2.45, 2.75) is 32.3 Å². The molecule has 0 fully saturated rings. The van der Waals surface area contributed by atoms with Gasteiger partial charge in [-0.25, -0.2) is 4.79 Å². The molecule has 0 saturated heterocycles. The number of benzene rings is 2. The van der Waals surface area contributed by atoms with Crippen LogP contribution >= 0.6 is 0 Å². The van der Waals surface area contributed by atoms with E-state index in [0.717, 1.165) is 0 Å². The Balaban J connectivity index is 2.19. The molecule has 2 aromatic carbocycles. The van der Waals surface area contributed by atoms with Crippen molar-refractivity contribution in [3.05, 3.63) is 64.0 Å². The summed E-state index contributed by atoms with van der Waals surface area (Å²) in [6, 6.07) is 11.8. The van der Waals surface area contributed by atoms with Gasteiger partial charge in [0.15, 0.2) is 11.5 Å². The zero-order valence-electron chi connectivity index (χ0n) is 17.3. The van der Waals surface area contributed by atoms with Crippen LogP contribution < -0.4 is 15.1 Å². The first-order valence-corrected chi connectivity index (χ1v) is 9.51. The standard InChI is InChI=1S/C23H24O7/c1-13(2)29-18-10-9-14(11-19(18)27-3)16(12-20(24)28-4)21-22(25)15-7-5-6-8-17(15)30-23(21)26/h5-11,13,16,25H,12H2,1-4H3/t16-/m1/s1. The maximum atomic E-state index is 12.8. The minimum Gasteiger partial charge on any atom is -0.507 e. The Morgan fingerprint density at radius 3 is 2.50 bits per heavy atom. The maximum absolute atomic E-state index is 12.8. The SMILES string of the molecule is COC(=O)C[C@H](c1ccc(OC(C)C)c(OC)c1)c1c(O)c2ccccc2oc1=O. The van der Waals surface area contributed by atoms with E-state index >= 15 is 0 Å². The van der Waals surface area contributed by atoms with E-state index in [1.54, 1.807) is 42.5 Å². The van der Waals surface area contributed by atoms with E-state index in [1.807, 2.05) is 13.8 Å². The quantitative estimate of drug-likeness (QED) is 0.463. The van der Waals surface area contributed by atoms with Gasteiger partial charge in [0.1, 0.15) is 11.3 Å². The minimum atomic E-state index is -0.805. The summed E-state index contributed by atoms with van der Waals surface area (Å²) in [4.78, 5) is 24.9. The fourth-order valence-electron chi connectivity index (χ4n) is 3.34. The van der Waals surface area contributed by atoms with Crippen molar-refractivity contribution in [2.75, 3.05) is 14.2 Å². The number of carbonyl (C=O) groups is 1. The van der Waals surface area contributed by atoms with Crippen LogP contribution in [-0.2, 0) is 9.53 Å². The molecule has 0 amide bonds. The summed E-state index contributed by atoms with van der Waals surface area (Å²) in [7, 11) is 2.77. The highest BCUT2D eigenvalue weighted by Gasteiger charge is 2.28. The number of aromatic hydroxyl groups is 1. The van der Waals surface area contributed by atoms with E-state index in [-0.39, 0.29) is 29.4 Å². The second-order valence-electron chi connectivity index (χ2n) is 7.06. The first-order valence-electron chi connectivity index (χ1n) is 9.51. The van der Waals surface area contributed by atoms with Crippen LogP contribution in [0.4, 0.5) is 0 Å². The average molecular weight is 412 g/mol. The fraction of sp³-hybridized carbons (Fsp3) is 0.304. The lowest BCUT2D eigenvalue weighted by atomic mass is 9.88. The highest BCUT2D eigenvalue weighted by molar-refractivity contribution is 5.84. The first kappa shape index (κ1) is 21.2. The molecule has 0 bridgehead atoms. The molecule has 7 heteroatoms. The van der Waals surface area contributed by atoms with Crippen molar-refractivity contribution in [3.63, 3.8) is 0 Å². The van der Waals surface area contributed by atoms with Crippen molar-refractivity contribution >= 4 is 16.9 Å². The Morgan fingerprint density at radius 2 is 1.83 bits per heavy atom. The molecule has 158 valence electrons. The highest BCUT2D eigenvalue weighted by Crippen LogP contribution is 2.39. The lowest BCUT2D eigenvalue weighted by Crippen LogP contribution is -2.18. The highest BCUT2D eigenvalue weighted by atomic mass is 16.5. The molecule has 1 atom stereocenters. The summed E-state index contributed by atoms with van der Waals surface area (Å²) in [6.45, 7) is 3.79. The van der Waals surface area contributed by atoms with Crippen LogP contribution in [0, 0.1) is 0 Å². The molecular formula is C23H24O7. The van der Waals surface area contributed by atoms with Crippen molar-refractivity contribution < 1.29 is 28.5 Å². The van der Waals surface area contributed by atoms with Gasteiger partial charge in [-0.05, 0) is 43.7 Å². The third-order valence-corrected chi connectivity index (χ3v) is 4.72. The number of methoxy groups -OCH3 is 2. The Labute approximate surface area is 173 Å². The molecular weight excluding hydrogens is 388 g/mol. The molecule has 7 nitrogen and oxygen atoms in total. The molecule has 3 aromatic rings. The topological polar surface area (TPSA) is 95.2 Å². The van der Waals surface area contributed by atoms with Gasteiger partial charge in [0.2, 0.25) is 0 Å². The minimum absolute atomic E-state index is 0.0151. The number of ether oxygens (including phenoxy) is 3. The third kappa shape index (κ3) is 4.25. The zero-order chi connectivity index (χ0) is 21.8. The summed E-state index contributed by atoms with van der Waals surface area (Å²) in [6.07, 6.45) is -0.229. The maximum Gasteiger partial charge on any atom is 0.343 e. The molecule has 3 rings (SSSR count). The molecule has 0 aliphatic carbocycles. The molecule has 0 aliphatic rings. The summed E-state index contributed by atoms with van der Waals surface area (Å²) in [5.74, 6) is -0.588. The van der Waals surface area contributed by atoms with Crippen molar-refractivity contribution in [2.24, 2.45) is 0 Å². The van der Waals surface area contributed by atoms with Crippen molar-refractivity contribution in [1.29, 1.82) is 0 Å². The lowest BCUT2D eigenvalue weighted by Gasteiger charge is -2.20. The van der Waals surface area contributed by atoms with Gasteiger partial charge in [-0.3, -0.25) is 4.79 Å². The molecule has 0 unspecified atom stereocenters. The van der Waals surface area contributed by atoms with E-state index in [4.69, 9.17) is 18.6 Å². The van der Waals surface area contributed by atoms with Crippen LogP contribution in [0.25, 0.3) is 11.0 Å². The molecule has 1 heterocycles. The van der Waals surface area contributed by atoms with E-state index < -0.39 is 17.5 Å². The molecule has 0 saturated carbocycles. The van der Waals surface area contributed by atoms with E-state index in [0.29, 0.717) is 22.4 Å². The summed E-state index contributed by atoms with van der Waals surface area (Å²) < 4.78 is 21.4. The number of fused-ring (bicyclic) bond motifs is 1. The number of rotatable bonds is 7. The predicted octanol–water partition coefficient (Wildman–Crippen LogP) is 3.99. The van der Waals surface area contributed by atoms with Gasteiger partial charge in [0, 0.05) is 5.92 Å². The van der Waals surface area contributed by atoms with Gasteiger partial charge < -0.3 is 23.7 Å². The zero-order valence-corrected chi connectivity index (χ0v) is 17.3. The number of hydrogen-bond donors (Lipinski definition) is 1. The summed E-state index contributed by atoms with van der Waals surface area (Å²) in [5, 5.41) is 11.3. The van der Waals surface area contributed by atoms with Crippen molar-refractivity contribution in [1.82, 2.24) is 0 Å². The Hall–Kier alpha value is -3.48. The Morgan fingerprint density at radius 1 is 1.10 bits per heavy atom. The van der Waals surface area contributed by atoms with Crippen LogP contribution in [0.15, 0.2) is 51.7 Å². The van der Waals surface area contributed by atoms with Crippen molar-refractivity contribution in [3.8, 4) is 17.2 Å². The second kappa shape index (κ2) is 8.90. The van der Waals surface area contributed by atoms with Gasteiger partial charge in [-0.15, -0.1) is 0 Å². The molecule has 1 N–H and O–H groups in total. The molecule has 0 aliphatic heterocycles. The van der Waals surface area contributed by atoms with E-state index in [1.165, 1.54) is 14.2 Å². The van der Waals surface area contributed by atoms with Crippen LogP contribution in [0.1, 0.15) is 37.3 Å². The first-order chi connectivity index (χ1) is 14.3. The number of hydrogen-bond acceptors (Lipinski definition) is 7. The number of esters is 1. The largest absolute Gasteiger partial charge is 0.507 e. The molecule has 0 radical (unpaired) electrons. The Kier molecular flexibility index (Phi) is 6.30. The van der Waals surface area contributed by atoms with Gasteiger partial charge in [-0.1, -0.05) is 18.2 Å². The monoisotopic (exact) mass is 412 g/mol. The lowest BCUT2D eigenvalue weighted by molar-refractivity contribution is -0.140. The molecule has 1 aromatic heterocycles. The van der Waals surface area contributed by atoms with Gasteiger partial charge in [0.25, 0.3) is 0 Å². The van der Waals surface area contributed by atoms with Gasteiger partial charge in [-0.2, -0.15) is 0 Å². The number of para-hydroxylation sites is 1. The normalized spacial score (nSPS) is 12.0. The summed E-state index contributed by atoms with van der Waals surface area (Å²) in [5.41, 5.74) is 0.102. The van der Waals surface area contributed by atoms with E-state index in [9.17, 15) is 14.7 Å². The fourth-order valence-corrected chi connectivity index (χ4v) is 3.34. The van der Waals surface area contributed by atoms with E-state index in [2.05, 4.69) is 0 Å². The smallest absolute Gasteiger partial charge is 0.343 e. The van der Waals surface area contributed by atoms with Crippen LogP contribution in [-0.4, -0.2) is 31.4 Å². The van der Waals surface area contributed by atoms with Gasteiger partial charge in [0.05, 0.1) is 37.7 Å². The van der Waals surface area contributed by atoms with Gasteiger partial charge >= 0.3 is 11.6 Å². The molecule has 0 spiro atoms. The van der Waals surface area contributed by atoms with Crippen LogP contribution in [0.5, 0.6) is 17.2 Å². The second-order valence-corrected chi connectivity index (χ2v) is 7.06. The molecule has 30 heavy (non-hydrogen) atoms. The third-order valence-electron chi connectivity index (χ3n) is 4.72.